The zero-order chi connectivity index (χ0) is 28.2. The quantitative estimate of drug-likeness (QED) is 0.220. The van der Waals surface area contributed by atoms with Gasteiger partial charge in [0.05, 0.1) is 12.1 Å². The maximum absolute atomic E-state index is 14.3. The first-order chi connectivity index (χ1) is 19.4. The Bertz CT molecular complexity index is 1490. The summed E-state index contributed by atoms with van der Waals surface area (Å²) < 4.78 is 6.82. The molecule has 1 aliphatic rings. The molecule has 0 bridgehead atoms. The number of benzene rings is 3. The van der Waals surface area contributed by atoms with E-state index in [4.69, 9.17) is 16.3 Å². The third-order valence-corrected chi connectivity index (χ3v) is 9.70. The van der Waals surface area contributed by atoms with Crippen LogP contribution in [0.15, 0.2) is 79.5 Å². The first kappa shape index (κ1) is 28.2. The van der Waals surface area contributed by atoms with Gasteiger partial charge in [0.15, 0.2) is 0 Å². The number of nitrogens with one attached hydrogen (secondary N) is 1. The normalized spacial score (nSPS) is 17.0. The highest BCUT2D eigenvalue weighted by Crippen LogP contribution is 2.38. The lowest BCUT2D eigenvalue weighted by atomic mass is 9.89. The summed E-state index contributed by atoms with van der Waals surface area (Å²) in [5.41, 5.74) is 4.23. The molecule has 1 aromatic heterocycles. The molecule has 4 aromatic rings. The van der Waals surface area contributed by atoms with Crippen molar-refractivity contribution in [2.45, 2.75) is 44.3 Å². The van der Waals surface area contributed by atoms with Crippen molar-refractivity contribution in [3.8, 4) is 16.9 Å². The van der Waals surface area contributed by atoms with Gasteiger partial charge in [-0.2, -0.15) is 0 Å². The van der Waals surface area contributed by atoms with Gasteiger partial charge in [-0.15, -0.1) is 11.3 Å². The summed E-state index contributed by atoms with van der Waals surface area (Å²) in [7, 11) is 5.68. The van der Waals surface area contributed by atoms with Crippen molar-refractivity contribution in [3.63, 3.8) is 0 Å². The number of halogens is 1. The van der Waals surface area contributed by atoms with Crippen LogP contribution in [0.3, 0.4) is 0 Å². The zero-order valence-corrected chi connectivity index (χ0v) is 24.9. The molecule has 5 nitrogen and oxygen atoms in total. The van der Waals surface area contributed by atoms with Crippen LogP contribution in [0.2, 0.25) is 5.02 Å². The van der Waals surface area contributed by atoms with E-state index >= 15 is 0 Å². The first-order valence-corrected chi connectivity index (χ1v) is 14.9. The van der Waals surface area contributed by atoms with Crippen molar-refractivity contribution in [1.82, 2.24) is 10.2 Å². The van der Waals surface area contributed by atoms with Gasteiger partial charge in [0, 0.05) is 47.0 Å². The molecule has 1 aliphatic carbocycles. The average Bonchev–Trinajstić information content (AvgIpc) is 3.35. The standard InChI is InChI=1S/C33H36ClN3O2S/c1-5-36(3)26-15-10-22(11-16-26)23-12-19-29(39-4)24(20-23)21-37(27-17-13-25(35-2)14-18-27)33(38)32-31(34)28-8-6-7-9-30(28)40-32/h5-12,15-16,19-20,25,27,35H,1,13-14,17-18,21H2,2-4H3/t25-,27+. The van der Waals surface area contributed by atoms with Crippen LogP contribution in [0.25, 0.3) is 21.2 Å². The largest absolute Gasteiger partial charge is 0.496 e. The molecule has 0 saturated heterocycles. The Kier molecular flexibility index (Phi) is 8.79. The fourth-order valence-electron chi connectivity index (χ4n) is 5.58. The summed E-state index contributed by atoms with van der Waals surface area (Å²) >= 11 is 8.29. The van der Waals surface area contributed by atoms with Gasteiger partial charge in [0.1, 0.15) is 10.6 Å². The Labute approximate surface area is 246 Å². The van der Waals surface area contributed by atoms with Crippen molar-refractivity contribution in [2.75, 3.05) is 26.1 Å². The van der Waals surface area contributed by atoms with Crippen LogP contribution < -0.4 is 15.0 Å². The van der Waals surface area contributed by atoms with Gasteiger partial charge >= 0.3 is 0 Å². The Morgan fingerprint density at radius 1 is 1.07 bits per heavy atom. The SMILES string of the molecule is C=CN(C)c1ccc(-c2ccc(OC)c(CN(C(=O)c3sc4ccccc4c3Cl)[C@H]3CC[C@@H](NC)CC3)c2)cc1. The monoisotopic (exact) mass is 573 g/mol. The van der Waals surface area contributed by atoms with Gasteiger partial charge in [-0.25, -0.2) is 0 Å². The molecule has 7 heteroatoms. The maximum Gasteiger partial charge on any atom is 0.266 e. The number of carbonyl (C=O) groups is 1. The van der Waals surface area contributed by atoms with Crippen LogP contribution in [-0.4, -0.2) is 44.1 Å². The highest BCUT2D eigenvalue weighted by molar-refractivity contribution is 7.21. The Balaban J connectivity index is 1.50. The summed E-state index contributed by atoms with van der Waals surface area (Å²) in [4.78, 5) is 18.9. The highest BCUT2D eigenvalue weighted by Gasteiger charge is 2.32. The number of nitrogens with zero attached hydrogens (tertiary/aromatic N) is 2. The molecule has 1 N–H and O–H groups in total. The zero-order valence-electron chi connectivity index (χ0n) is 23.3. The van der Waals surface area contributed by atoms with Crippen molar-refractivity contribution >= 4 is 44.6 Å². The summed E-state index contributed by atoms with van der Waals surface area (Å²) in [6.45, 7) is 4.30. The third kappa shape index (κ3) is 5.75. The average molecular weight is 574 g/mol. The summed E-state index contributed by atoms with van der Waals surface area (Å²) in [5.74, 6) is 0.763. The van der Waals surface area contributed by atoms with Gasteiger partial charge < -0.3 is 19.9 Å². The van der Waals surface area contributed by atoms with Crippen LogP contribution >= 0.6 is 22.9 Å². The fraction of sp³-hybridized carbons (Fsp3) is 0.303. The molecule has 1 saturated carbocycles. The number of methoxy groups -OCH3 is 1. The van der Waals surface area contributed by atoms with E-state index in [1.165, 1.54) is 11.3 Å². The van der Waals surface area contributed by atoms with E-state index in [0.717, 1.165) is 63.9 Å². The number of fused-ring (bicyclic) bond motifs is 1. The smallest absolute Gasteiger partial charge is 0.266 e. The molecule has 0 unspecified atom stereocenters. The van der Waals surface area contributed by atoms with E-state index in [0.29, 0.717) is 22.5 Å². The molecule has 1 amide bonds. The number of hydrogen-bond donors (Lipinski definition) is 1. The lowest BCUT2D eigenvalue weighted by Gasteiger charge is -2.37. The van der Waals surface area contributed by atoms with Gasteiger partial charge in [0.2, 0.25) is 0 Å². The molecule has 1 fully saturated rings. The Morgan fingerprint density at radius 3 is 2.42 bits per heavy atom. The van der Waals surface area contributed by atoms with Gasteiger partial charge in [0.25, 0.3) is 5.91 Å². The molecular weight excluding hydrogens is 538 g/mol. The number of anilines is 1. The van der Waals surface area contributed by atoms with Gasteiger partial charge in [-0.1, -0.05) is 54.6 Å². The molecule has 0 spiro atoms. The predicted octanol–water partition coefficient (Wildman–Crippen LogP) is 7.98. The minimum absolute atomic E-state index is 0.0108. The van der Waals surface area contributed by atoms with Gasteiger partial charge in [-0.05, 0) is 80.4 Å². The lowest BCUT2D eigenvalue weighted by molar-refractivity contribution is 0.0604. The van der Waals surface area contributed by atoms with E-state index in [9.17, 15) is 4.79 Å². The van der Waals surface area contributed by atoms with Crippen LogP contribution in [0, 0.1) is 0 Å². The van der Waals surface area contributed by atoms with E-state index in [1.54, 1.807) is 13.3 Å². The molecule has 0 atom stereocenters. The Morgan fingerprint density at radius 2 is 1.77 bits per heavy atom. The molecular formula is C33H36ClN3O2S. The summed E-state index contributed by atoms with van der Waals surface area (Å²) in [6, 6.07) is 23.2. The third-order valence-electron chi connectivity index (χ3n) is 8.04. The van der Waals surface area contributed by atoms with E-state index in [-0.39, 0.29) is 11.9 Å². The number of amides is 1. The number of ether oxygens (including phenoxy) is 1. The summed E-state index contributed by atoms with van der Waals surface area (Å²) in [6.07, 6.45) is 5.75. The fourth-order valence-corrected chi connectivity index (χ4v) is 7.05. The van der Waals surface area contributed by atoms with Crippen molar-refractivity contribution in [3.05, 3.63) is 95.0 Å². The second-order valence-electron chi connectivity index (χ2n) is 10.3. The lowest BCUT2D eigenvalue weighted by Crippen LogP contribution is -2.44. The van der Waals surface area contributed by atoms with Crippen LogP contribution in [0.1, 0.15) is 40.9 Å². The number of thiophene rings is 1. The number of hydrogen-bond acceptors (Lipinski definition) is 5. The van der Waals surface area contributed by atoms with E-state index < -0.39 is 0 Å². The minimum atomic E-state index is -0.0108. The van der Waals surface area contributed by atoms with Crippen LogP contribution in [-0.2, 0) is 6.54 Å². The Hall–Kier alpha value is -3.32. The predicted molar refractivity (Wildman–Crippen MR) is 169 cm³/mol. The van der Waals surface area contributed by atoms with E-state index in [1.807, 2.05) is 54.2 Å². The number of rotatable bonds is 9. The molecule has 0 radical (unpaired) electrons. The second kappa shape index (κ2) is 12.5. The topological polar surface area (TPSA) is 44.8 Å². The van der Waals surface area contributed by atoms with Crippen molar-refractivity contribution < 1.29 is 9.53 Å². The molecule has 5 rings (SSSR count). The first-order valence-electron chi connectivity index (χ1n) is 13.7. The minimum Gasteiger partial charge on any atom is -0.496 e. The molecule has 208 valence electrons. The highest BCUT2D eigenvalue weighted by atomic mass is 35.5. The van der Waals surface area contributed by atoms with Crippen LogP contribution in [0.5, 0.6) is 5.75 Å². The van der Waals surface area contributed by atoms with Crippen LogP contribution in [0.4, 0.5) is 5.69 Å². The summed E-state index contributed by atoms with van der Waals surface area (Å²) in [5, 5.41) is 4.89. The molecule has 40 heavy (non-hydrogen) atoms. The maximum atomic E-state index is 14.3. The molecule has 0 aliphatic heterocycles. The second-order valence-corrected chi connectivity index (χ2v) is 11.8. The van der Waals surface area contributed by atoms with E-state index in [2.05, 4.69) is 48.3 Å². The molecule has 1 heterocycles. The van der Waals surface area contributed by atoms with Crippen molar-refractivity contribution in [1.29, 1.82) is 0 Å². The number of carbonyl (C=O) groups excluding carboxylic acids is 1. The van der Waals surface area contributed by atoms with Gasteiger partial charge in [-0.3, -0.25) is 4.79 Å². The molecule has 3 aromatic carbocycles. The van der Waals surface area contributed by atoms with Crippen molar-refractivity contribution in [2.24, 2.45) is 0 Å².